The average Bonchev–Trinajstić information content (AvgIpc) is 2.65. The Hall–Kier alpha value is -2.21. The minimum Gasteiger partial charge on any atom is -0.324 e. The molecule has 25 heavy (non-hydrogen) atoms. The van der Waals surface area contributed by atoms with E-state index in [0.717, 1.165) is 25.7 Å². The van der Waals surface area contributed by atoms with Crippen molar-refractivity contribution in [3.63, 3.8) is 0 Å². The number of hydrogen-bond donors (Lipinski definition) is 1. The summed E-state index contributed by atoms with van der Waals surface area (Å²) in [6.45, 7) is 3.80. The predicted molar refractivity (Wildman–Crippen MR) is 112 cm³/mol. The maximum atomic E-state index is 12.8. The molecule has 1 aromatic heterocycles. The molecule has 0 aliphatic rings. The molecule has 0 aliphatic carbocycles. The molecule has 0 spiro atoms. The van der Waals surface area contributed by atoms with Crippen molar-refractivity contribution in [2.75, 3.05) is 5.32 Å². The van der Waals surface area contributed by atoms with Crippen molar-refractivity contribution in [1.82, 2.24) is 4.98 Å². The van der Waals surface area contributed by atoms with Crippen molar-refractivity contribution in [2.45, 2.75) is 12.8 Å². The second-order valence-corrected chi connectivity index (χ2v) is 7.06. The van der Waals surface area contributed by atoms with Gasteiger partial charge in [-0.1, -0.05) is 42.5 Å². The number of pyridine rings is 1. The summed E-state index contributed by atoms with van der Waals surface area (Å²) in [6, 6.07) is 17.9. The average molecular weight is 442 g/mol. The van der Waals surface area contributed by atoms with Crippen LogP contribution < -0.4 is 5.32 Å². The Labute approximate surface area is 161 Å². The summed E-state index contributed by atoms with van der Waals surface area (Å²) in [4.78, 5) is 17.3. The first-order valence-electron chi connectivity index (χ1n) is 8.18. The Morgan fingerprint density at radius 3 is 2.72 bits per heavy atom. The van der Waals surface area contributed by atoms with Gasteiger partial charge in [0.25, 0.3) is 0 Å². The molecule has 1 unspecified atom stereocenters. The van der Waals surface area contributed by atoms with E-state index in [1.807, 2.05) is 54.6 Å². The van der Waals surface area contributed by atoms with Gasteiger partial charge in [-0.25, -0.2) is 0 Å². The standard InChI is InChI=1S/C21H19IN2O/c1-2-7-16(14-15-8-4-3-5-9-15)21(25)24-19-12-11-18(22)17-10-6-13-23-20(17)19/h2-6,8-13,16H,1,7,14H2,(H,24,25). The molecule has 3 aromatic rings. The normalized spacial score (nSPS) is 11.9. The van der Waals surface area contributed by atoms with E-state index < -0.39 is 0 Å². The minimum atomic E-state index is -0.155. The molecule has 0 saturated heterocycles. The molecule has 1 amide bonds. The fourth-order valence-electron chi connectivity index (χ4n) is 2.86. The maximum Gasteiger partial charge on any atom is 0.228 e. The molecule has 0 bridgehead atoms. The van der Waals surface area contributed by atoms with Crippen LogP contribution in [0.5, 0.6) is 0 Å². The highest BCUT2D eigenvalue weighted by molar-refractivity contribution is 14.1. The van der Waals surface area contributed by atoms with Gasteiger partial charge in [-0.3, -0.25) is 9.78 Å². The van der Waals surface area contributed by atoms with E-state index in [9.17, 15) is 4.79 Å². The van der Waals surface area contributed by atoms with Crippen LogP contribution in [0, 0.1) is 9.49 Å². The lowest BCUT2D eigenvalue weighted by atomic mass is 9.95. The van der Waals surface area contributed by atoms with Crippen LogP contribution in [0.2, 0.25) is 0 Å². The van der Waals surface area contributed by atoms with Crippen LogP contribution in [0.3, 0.4) is 0 Å². The van der Waals surface area contributed by atoms with Crippen LogP contribution in [-0.4, -0.2) is 10.9 Å². The summed E-state index contributed by atoms with van der Waals surface area (Å²) < 4.78 is 1.12. The van der Waals surface area contributed by atoms with Gasteiger partial charge < -0.3 is 5.32 Å². The second-order valence-electron chi connectivity index (χ2n) is 5.89. The van der Waals surface area contributed by atoms with E-state index >= 15 is 0 Å². The molecule has 0 radical (unpaired) electrons. The van der Waals surface area contributed by atoms with Crippen LogP contribution in [0.15, 0.2) is 73.4 Å². The topological polar surface area (TPSA) is 42.0 Å². The minimum absolute atomic E-state index is 0.00286. The number of rotatable bonds is 6. The van der Waals surface area contributed by atoms with E-state index in [4.69, 9.17) is 0 Å². The van der Waals surface area contributed by atoms with Gasteiger partial charge in [0, 0.05) is 21.1 Å². The zero-order valence-electron chi connectivity index (χ0n) is 13.8. The number of carbonyl (C=O) groups excluding carboxylic acids is 1. The highest BCUT2D eigenvalue weighted by Gasteiger charge is 2.19. The van der Waals surface area contributed by atoms with Crippen molar-refractivity contribution in [2.24, 2.45) is 5.92 Å². The highest BCUT2D eigenvalue weighted by atomic mass is 127. The number of allylic oxidation sites excluding steroid dienone is 1. The number of nitrogens with one attached hydrogen (secondary N) is 1. The zero-order chi connectivity index (χ0) is 17.6. The lowest BCUT2D eigenvalue weighted by Gasteiger charge is -2.16. The summed E-state index contributed by atoms with van der Waals surface area (Å²) >= 11 is 2.28. The number of amides is 1. The van der Waals surface area contributed by atoms with E-state index in [-0.39, 0.29) is 11.8 Å². The van der Waals surface area contributed by atoms with Crippen molar-refractivity contribution in [1.29, 1.82) is 0 Å². The first kappa shape index (κ1) is 17.6. The molecule has 3 nitrogen and oxygen atoms in total. The molecule has 0 fully saturated rings. The molecule has 3 rings (SSSR count). The Morgan fingerprint density at radius 2 is 1.96 bits per heavy atom. The van der Waals surface area contributed by atoms with Gasteiger partial charge >= 0.3 is 0 Å². The van der Waals surface area contributed by atoms with Gasteiger partial charge in [-0.05, 0) is 59.2 Å². The summed E-state index contributed by atoms with van der Waals surface area (Å²) in [5.74, 6) is -0.158. The molecule has 1 N–H and O–H groups in total. The lowest BCUT2D eigenvalue weighted by Crippen LogP contribution is -2.24. The number of hydrogen-bond acceptors (Lipinski definition) is 2. The molecule has 2 aromatic carbocycles. The van der Waals surface area contributed by atoms with Crippen LogP contribution in [0.1, 0.15) is 12.0 Å². The van der Waals surface area contributed by atoms with Gasteiger partial charge in [-0.15, -0.1) is 6.58 Å². The number of carbonyl (C=O) groups is 1. The molecule has 0 aliphatic heterocycles. The Kier molecular flexibility index (Phi) is 5.81. The third-order valence-corrected chi connectivity index (χ3v) is 5.06. The van der Waals surface area contributed by atoms with Crippen LogP contribution in [-0.2, 0) is 11.2 Å². The largest absolute Gasteiger partial charge is 0.324 e. The molecular formula is C21H19IN2O. The third kappa shape index (κ3) is 4.25. The van der Waals surface area contributed by atoms with Gasteiger partial charge in [0.15, 0.2) is 0 Å². The van der Waals surface area contributed by atoms with Crippen molar-refractivity contribution >= 4 is 45.1 Å². The molecule has 4 heteroatoms. The maximum absolute atomic E-state index is 12.8. The van der Waals surface area contributed by atoms with Crippen molar-refractivity contribution in [3.05, 3.63) is 82.6 Å². The first-order chi connectivity index (χ1) is 12.2. The molecule has 1 heterocycles. The van der Waals surface area contributed by atoms with Gasteiger partial charge in [0.05, 0.1) is 11.2 Å². The Bertz CT molecular complexity index is 893. The summed E-state index contributed by atoms with van der Waals surface area (Å²) in [6.07, 6.45) is 4.88. The van der Waals surface area contributed by atoms with Gasteiger partial charge in [0.1, 0.15) is 0 Å². The third-order valence-electron chi connectivity index (χ3n) is 4.12. The quantitative estimate of drug-likeness (QED) is 0.421. The molecular weight excluding hydrogens is 423 g/mol. The van der Waals surface area contributed by atoms with E-state index in [0.29, 0.717) is 12.8 Å². The fraction of sp³-hybridized carbons (Fsp3) is 0.143. The zero-order valence-corrected chi connectivity index (χ0v) is 15.9. The number of nitrogens with zero attached hydrogens (tertiary/aromatic N) is 1. The highest BCUT2D eigenvalue weighted by Crippen LogP contribution is 2.26. The Balaban J connectivity index is 1.84. The summed E-state index contributed by atoms with van der Waals surface area (Å²) in [7, 11) is 0. The first-order valence-corrected chi connectivity index (χ1v) is 9.26. The monoisotopic (exact) mass is 442 g/mol. The SMILES string of the molecule is C=CCC(Cc1ccccc1)C(=O)Nc1ccc(I)c2cccnc12. The summed E-state index contributed by atoms with van der Waals surface area (Å²) in [5.41, 5.74) is 2.72. The fourth-order valence-corrected chi connectivity index (χ4v) is 3.47. The van der Waals surface area contributed by atoms with Gasteiger partial charge in [0.2, 0.25) is 5.91 Å². The molecule has 126 valence electrons. The predicted octanol–water partition coefficient (Wildman–Crippen LogP) is 5.21. The van der Waals surface area contributed by atoms with Crippen LogP contribution >= 0.6 is 22.6 Å². The van der Waals surface area contributed by atoms with Crippen LogP contribution in [0.25, 0.3) is 10.9 Å². The Morgan fingerprint density at radius 1 is 1.16 bits per heavy atom. The van der Waals surface area contributed by atoms with E-state index in [2.05, 4.69) is 39.5 Å². The number of anilines is 1. The number of aromatic nitrogens is 1. The van der Waals surface area contributed by atoms with Crippen molar-refractivity contribution < 1.29 is 4.79 Å². The smallest absolute Gasteiger partial charge is 0.228 e. The number of fused-ring (bicyclic) bond motifs is 1. The van der Waals surface area contributed by atoms with Crippen LogP contribution in [0.4, 0.5) is 5.69 Å². The second kappa shape index (κ2) is 8.25. The number of benzene rings is 2. The lowest BCUT2D eigenvalue weighted by molar-refractivity contribution is -0.119. The van der Waals surface area contributed by atoms with Crippen molar-refractivity contribution in [3.8, 4) is 0 Å². The van der Waals surface area contributed by atoms with E-state index in [1.165, 1.54) is 0 Å². The molecule has 0 saturated carbocycles. The summed E-state index contributed by atoms with van der Waals surface area (Å²) in [5, 5.41) is 4.11. The molecule has 1 atom stereocenters. The van der Waals surface area contributed by atoms with Gasteiger partial charge in [-0.2, -0.15) is 0 Å². The number of halogens is 1. The van der Waals surface area contributed by atoms with E-state index in [1.54, 1.807) is 12.3 Å².